The monoisotopic (exact) mass is 257 g/mol. The molecule has 2 rings (SSSR count). The van der Waals surface area contributed by atoms with E-state index < -0.39 is 0 Å². The van der Waals surface area contributed by atoms with Crippen LogP contribution in [0, 0.1) is 5.41 Å². The molecule has 2 aliphatic rings. The maximum Gasteiger partial charge on any atom is 0.129 e. The van der Waals surface area contributed by atoms with E-state index in [1.54, 1.807) is 0 Å². The highest BCUT2D eigenvalue weighted by atomic mass is 32.2. The third-order valence-corrected chi connectivity index (χ3v) is 4.86. The largest absolute Gasteiger partial charge is 0.380 e. The number of aldehydes is 1. The molecule has 3 nitrogen and oxygen atoms in total. The van der Waals surface area contributed by atoms with Crippen LogP contribution in [0.1, 0.15) is 26.7 Å². The van der Waals surface area contributed by atoms with Crippen molar-refractivity contribution in [3.05, 3.63) is 0 Å². The van der Waals surface area contributed by atoms with E-state index in [1.807, 2.05) is 0 Å². The normalized spacial score (nSPS) is 40.1. The van der Waals surface area contributed by atoms with Crippen LogP contribution in [0.15, 0.2) is 0 Å². The molecule has 0 amide bonds. The van der Waals surface area contributed by atoms with Gasteiger partial charge in [-0.3, -0.25) is 0 Å². The van der Waals surface area contributed by atoms with Crippen molar-refractivity contribution in [3.8, 4) is 0 Å². The second-order valence-electron chi connectivity index (χ2n) is 5.59. The SMILES string of the molecule is CC1CN(CC2(C=O)CCCOC2)CC(C)S1. The Hall–Kier alpha value is -0.0600. The quantitative estimate of drug-likeness (QED) is 0.721. The van der Waals surface area contributed by atoms with Crippen LogP contribution in [-0.2, 0) is 9.53 Å². The Labute approximate surface area is 108 Å². The minimum absolute atomic E-state index is 0.236. The van der Waals surface area contributed by atoms with Gasteiger partial charge in [0.25, 0.3) is 0 Å². The first-order chi connectivity index (χ1) is 8.13. The van der Waals surface area contributed by atoms with Crippen molar-refractivity contribution in [2.45, 2.75) is 37.2 Å². The van der Waals surface area contributed by atoms with Gasteiger partial charge in [-0.1, -0.05) is 13.8 Å². The van der Waals surface area contributed by atoms with Gasteiger partial charge in [-0.05, 0) is 12.8 Å². The summed E-state index contributed by atoms with van der Waals surface area (Å²) < 4.78 is 5.51. The van der Waals surface area contributed by atoms with Crippen molar-refractivity contribution >= 4 is 18.0 Å². The van der Waals surface area contributed by atoms with Crippen molar-refractivity contribution in [1.29, 1.82) is 0 Å². The Morgan fingerprint density at radius 2 is 2.12 bits per heavy atom. The molecule has 0 bridgehead atoms. The molecule has 3 atom stereocenters. The smallest absolute Gasteiger partial charge is 0.129 e. The van der Waals surface area contributed by atoms with Gasteiger partial charge in [0.15, 0.2) is 0 Å². The van der Waals surface area contributed by atoms with Crippen LogP contribution in [-0.4, -0.2) is 54.5 Å². The summed E-state index contributed by atoms with van der Waals surface area (Å²) in [6.45, 7) is 9.07. The van der Waals surface area contributed by atoms with E-state index in [1.165, 1.54) is 0 Å². The van der Waals surface area contributed by atoms with Crippen LogP contribution < -0.4 is 0 Å². The Morgan fingerprint density at radius 3 is 2.65 bits per heavy atom. The Kier molecular flexibility index (Phi) is 4.50. The fourth-order valence-corrected chi connectivity index (χ4v) is 4.37. The van der Waals surface area contributed by atoms with Gasteiger partial charge in [0.2, 0.25) is 0 Å². The minimum Gasteiger partial charge on any atom is -0.380 e. The fourth-order valence-electron chi connectivity index (χ4n) is 2.99. The van der Waals surface area contributed by atoms with Gasteiger partial charge in [0.05, 0.1) is 12.0 Å². The molecule has 0 aromatic carbocycles. The maximum atomic E-state index is 11.4. The Bertz CT molecular complexity index is 256. The van der Waals surface area contributed by atoms with Crippen LogP contribution in [0.4, 0.5) is 0 Å². The van der Waals surface area contributed by atoms with Gasteiger partial charge in [0.1, 0.15) is 6.29 Å². The van der Waals surface area contributed by atoms with E-state index in [2.05, 4.69) is 30.5 Å². The van der Waals surface area contributed by atoms with Crippen LogP contribution in [0.2, 0.25) is 0 Å². The van der Waals surface area contributed by atoms with Crippen molar-refractivity contribution < 1.29 is 9.53 Å². The van der Waals surface area contributed by atoms with E-state index in [-0.39, 0.29) is 5.41 Å². The second kappa shape index (κ2) is 5.72. The van der Waals surface area contributed by atoms with Gasteiger partial charge in [-0.2, -0.15) is 11.8 Å². The summed E-state index contributed by atoms with van der Waals surface area (Å²) in [5.74, 6) is 0. The van der Waals surface area contributed by atoms with Crippen LogP contribution in [0.3, 0.4) is 0 Å². The maximum absolute atomic E-state index is 11.4. The summed E-state index contributed by atoms with van der Waals surface area (Å²) in [7, 11) is 0. The molecule has 2 fully saturated rings. The first-order valence-electron chi connectivity index (χ1n) is 6.55. The van der Waals surface area contributed by atoms with Crippen molar-refractivity contribution in [3.63, 3.8) is 0 Å². The molecule has 0 N–H and O–H groups in total. The number of carbonyl (C=O) groups is 1. The van der Waals surface area contributed by atoms with Crippen LogP contribution >= 0.6 is 11.8 Å². The van der Waals surface area contributed by atoms with E-state index in [4.69, 9.17) is 4.74 Å². The Balaban J connectivity index is 1.95. The van der Waals surface area contributed by atoms with E-state index >= 15 is 0 Å². The van der Waals surface area contributed by atoms with E-state index in [0.29, 0.717) is 17.1 Å². The van der Waals surface area contributed by atoms with Gasteiger partial charge < -0.3 is 14.4 Å². The summed E-state index contributed by atoms with van der Waals surface area (Å²) in [4.78, 5) is 13.9. The van der Waals surface area contributed by atoms with E-state index in [0.717, 1.165) is 45.4 Å². The van der Waals surface area contributed by atoms with Crippen LogP contribution in [0.5, 0.6) is 0 Å². The summed E-state index contributed by atoms with van der Waals surface area (Å²) in [5, 5.41) is 1.35. The molecular formula is C13H23NO2S. The lowest BCUT2D eigenvalue weighted by molar-refractivity contribution is -0.125. The Morgan fingerprint density at radius 1 is 1.41 bits per heavy atom. The second-order valence-corrected chi connectivity index (χ2v) is 7.47. The zero-order chi connectivity index (χ0) is 12.3. The van der Waals surface area contributed by atoms with Gasteiger partial charge >= 0.3 is 0 Å². The third kappa shape index (κ3) is 3.46. The predicted molar refractivity (Wildman–Crippen MR) is 71.5 cm³/mol. The highest BCUT2D eigenvalue weighted by molar-refractivity contribution is 8.00. The number of hydrogen-bond donors (Lipinski definition) is 0. The summed E-state index contributed by atoms with van der Waals surface area (Å²) in [6, 6.07) is 0. The first kappa shape index (κ1) is 13.4. The molecule has 17 heavy (non-hydrogen) atoms. The molecule has 0 saturated carbocycles. The van der Waals surface area contributed by atoms with Gasteiger partial charge in [-0.25, -0.2) is 0 Å². The third-order valence-electron chi connectivity index (χ3n) is 3.64. The number of carbonyl (C=O) groups excluding carboxylic acids is 1. The van der Waals surface area contributed by atoms with E-state index in [9.17, 15) is 4.79 Å². The van der Waals surface area contributed by atoms with Crippen LogP contribution in [0.25, 0.3) is 0 Å². The van der Waals surface area contributed by atoms with Crippen molar-refractivity contribution in [2.24, 2.45) is 5.41 Å². The number of hydrogen-bond acceptors (Lipinski definition) is 4. The minimum atomic E-state index is -0.236. The molecule has 2 saturated heterocycles. The molecule has 0 aromatic heterocycles. The number of thioether (sulfide) groups is 1. The number of nitrogens with zero attached hydrogens (tertiary/aromatic N) is 1. The van der Waals surface area contributed by atoms with Gasteiger partial charge in [0, 0.05) is 36.7 Å². The highest BCUT2D eigenvalue weighted by Crippen LogP contribution is 2.31. The zero-order valence-electron chi connectivity index (χ0n) is 10.9. The summed E-state index contributed by atoms with van der Waals surface area (Å²) >= 11 is 2.05. The first-order valence-corrected chi connectivity index (χ1v) is 7.50. The number of rotatable bonds is 3. The molecule has 2 aliphatic heterocycles. The standard InChI is InChI=1S/C13H23NO2S/c1-11-6-14(7-12(2)17-11)8-13(9-15)4-3-5-16-10-13/h9,11-12H,3-8,10H2,1-2H3. The lowest BCUT2D eigenvalue weighted by Crippen LogP contribution is -2.49. The molecular weight excluding hydrogens is 234 g/mol. The molecule has 0 aromatic rings. The zero-order valence-corrected chi connectivity index (χ0v) is 11.7. The topological polar surface area (TPSA) is 29.5 Å². The summed E-state index contributed by atoms with van der Waals surface area (Å²) in [5.41, 5.74) is -0.236. The molecule has 98 valence electrons. The molecule has 0 aliphatic carbocycles. The van der Waals surface area contributed by atoms with Gasteiger partial charge in [-0.15, -0.1) is 0 Å². The highest BCUT2D eigenvalue weighted by Gasteiger charge is 2.36. The average molecular weight is 257 g/mol. The molecule has 4 heteroatoms. The molecule has 0 spiro atoms. The van der Waals surface area contributed by atoms with Crippen molar-refractivity contribution in [2.75, 3.05) is 32.8 Å². The fraction of sp³-hybridized carbons (Fsp3) is 0.923. The summed E-state index contributed by atoms with van der Waals surface area (Å²) in [6.07, 6.45) is 3.15. The molecule has 3 unspecified atom stereocenters. The average Bonchev–Trinajstić information content (AvgIpc) is 2.29. The lowest BCUT2D eigenvalue weighted by Gasteiger charge is -2.41. The predicted octanol–water partition coefficient (Wildman–Crippen LogP) is 1.81. The van der Waals surface area contributed by atoms with Crippen molar-refractivity contribution in [1.82, 2.24) is 4.90 Å². The molecule has 2 heterocycles. The number of ether oxygens (including phenoxy) is 1. The lowest BCUT2D eigenvalue weighted by atomic mass is 9.83. The molecule has 0 radical (unpaired) electrons.